The minimum atomic E-state index is -0.432. The van der Waals surface area contributed by atoms with Crippen LogP contribution in [0.15, 0.2) is 24.3 Å². The second kappa shape index (κ2) is 5.27. The smallest absolute Gasteiger partial charge is 0.312 e. The highest BCUT2D eigenvalue weighted by molar-refractivity contribution is 5.75. The fourth-order valence-electron chi connectivity index (χ4n) is 1.05. The van der Waals surface area contributed by atoms with Crippen molar-refractivity contribution < 1.29 is 4.79 Å². The molecule has 0 heterocycles. The predicted molar refractivity (Wildman–Crippen MR) is 57.9 cm³/mol. The second-order valence-corrected chi connectivity index (χ2v) is 3.22. The number of primary amides is 1. The molecule has 0 fully saturated rings. The highest BCUT2D eigenvalue weighted by Gasteiger charge is 2.03. The van der Waals surface area contributed by atoms with Crippen molar-refractivity contribution in [1.82, 2.24) is 5.32 Å². The van der Waals surface area contributed by atoms with Gasteiger partial charge in [-0.1, -0.05) is 37.6 Å². The molecule has 2 amide bonds. The first-order chi connectivity index (χ1) is 6.74. The standard InChI is InChI=1S/C6H4.C5H12N2O/c1-2-6-4-3-5(1)6;1-2-3-4-7-5(6)8/h1-4H;2-4H2,1H3,(H3,6,7,8). The molecule has 76 valence electrons. The summed E-state index contributed by atoms with van der Waals surface area (Å²) in [6.07, 6.45) is 2.09. The number of hydrogen-bond donors (Lipinski definition) is 2. The molecule has 0 saturated heterocycles. The molecule has 0 bridgehead atoms. The third kappa shape index (κ3) is 3.09. The van der Waals surface area contributed by atoms with E-state index in [1.165, 1.54) is 11.1 Å². The summed E-state index contributed by atoms with van der Waals surface area (Å²) in [5, 5.41) is 2.49. The Morgan fingerprint density at radius 1 is 1.29 bits per heavy atom. The van der Waals surface area contributed by atoms with Crippen LogP contribution in [0.5, 0.6) is 0 Å². The second-order valence-electron chi connectivity index (χ2n) is 3.22. The first-order valence-corrected chi connectivity index (χ1v) is 4.87. The van der Waals surface area contributed by atoms with Crippen molar-refractivity contribution in [2.75, 3.05) is 6.54 Å². The molecule has 3 heteroatoms. The molecule has 0 aromatic carbocycles. The largest absolute Gasteiger partial charge is 0.352 e. The number of hydrogen-bond acceptors (Lipinski definition) is 1. The van der Waals surface area contributed by atoms with Crippen LogP contribution >= 0.6 is 0 Å². The Balaban J connectivity index is 0.000000143. The Labute approximate surface area is 84.3 Å². The van der Waals surface area contributed by atoms with Crippen LogP contribution in [0.3, 0.4) is 0 Å². The minimum absolute atomic E-state index is 0.432. The van der Waals surface area contributed by atoms with Crippen LogP contribution in [-0.4, -0.2) is 12.6 Å². The molecule has 0 aromatic rings. The van der Waals surface area contributed by atoms with Crippen LogP contribution < -0.4 is 11.1 Å². The van der Waals surface area contributed by atoms with Crippen molar-refractivity contribution in [3.63, 3.8) is 0 Å². The van der Waals surface area contributed by atoms with E-state index in [-0.39, 0.29) is 0 Å². The molecular formula is C11H16N2O. The number of nitrogens with two attached hydrogens (primary N) is 1. The molecular weight excluding hydrogens is 176 g/mol. The molecule has 0 aromatic heterocycles. The molecule has 14 heavy (non-hydrogen) atoms. The van der Waals surface area contributed by atoms with E-state index < -0.39 is 6.03 Å². The Kier molecular flexibility index (Phi) is 3.98. The van der Waals surface area contributed by atoms with Crippen LogP contribution in [0.2, 0.25) is 0 Å². The first kappa shape index (κ1) is 10.6. The zero-order valence-electron chi connectivity index (χ0n) is 8.42. The number of benzene rings is 1. The number of carbonyl (C=O) groups is 1. The first-order valence-electron chi connectivity index (χ1n) is 4.87. The fourth-order valence-corrected chi connectivity index (χ4v) is 1.05. The SMILES string of the molecule is CCCCNC(N)=O.c1cc2ccc1-2. The molecule has 0 atom stereocenters. The van der Waals surface area contributed by atoms with Gasteiger partial charge in [-0.3, -0.25) is 0 Å². The number of nitrogens with one attached hydrogen (secondary N) is 1. The van der Waals surface area contributed by atoms with Crippen molar-refractivity contribution in [3.05, 3.63) is 24.3 Å². The van der Waals surface area contributed by atoms with Crippen LogP contribution in [0.25, 0.3) is 11.1 Å². The maximum Gasteiger partial charge on any atom is 0.312 e. The van der Waals surface area contributed by atoms with Crippen LogP contribution in [-0.2, 0) is 0 Å². The number of carbonyl (C=O) groups excluding carboxylic acids is 1. The monoisotopic (exact) mass is 192 g/mol. The quantitative estimate of drug-likeness (QED) is 0.719. The number of rotatable bonds is 3. The van der Waals surface area contributed by atoms with Gasteiger partial charge in [0.2, 0.25) is 0 Å². The van der Waals surface area contributed by atoms with Crippen molar-refractivity contribution >= 4 is 6.03 Å². The van der Waals surface area contributed by atoms with Gasteiger partial charge in [0, 0.05) is 6.54 Å². The molecule has 3 nitrogen and oxygen atoms in total. The van der Waals surface area contributed by atoms with Gasteiger partial charge in [0.1, 0.15) is 0 Å². The number of amides is 2. The van der Waals surface area contributed by atoms with Gasteiger partial charge in [-0.25, -0.2) is 4.79 Å². The zero-order chi connectivity index (χ0) is 10.4. The Morgan fingerprint density at radius 2 is 1.79 bits per heavy atom. The molecule has 2 rings (SSSR count). The summed E-state index contributed by atoms with van der Waals surface area (Å²) in [5.74, 6) is 0. The van der Waals surface area contributed by atoms with E-state index in [1.807, 2.05) is 0 Å². The van der Waals surface area contributed by atoms with Gasteiger partial charge >= 0.3 is 6.03 Å². The van der Waals surface area contributed by atoms with E-state index in [2.05, 4.69) is 36.5 Å². The number of urea groups is 1. The topological polar surface area (TPSA) is 55.1 Å². The highest BCUT2D eigenvalue weighted by Crippen LogP contribution is 2.29. The van der Waals surface area contributed by atoms with E-state index in [4.69, 9.17) is 5.73 Å². The van der Waals surface area contributed by atoms with Gasteiger partial charge in [-0.2, -0.15) is 0 Å². The normalized spacial score (nSPS) is 9.79. The molecule has 0 spiro atoms. The number of unbranched alkanes of at least 4 members (excludes halogenated alkanes) is 1. The lowest BCUT2D eigenvalue weighted by molar-refractivity contribution is 0.249. The van der Waals surface area contributed by atoms with Crippen LogP contribution in [0.4, 0.5) is 4.79 Å². The lowest BCUT2D eigenvalue weighted by Crippen LogP contribution is -2.29. The summed E-state index contributed by atoms with van der Waals surface area (Å²) < 4.78 is 0. The number of fused-ring (bicyclic) bond motifs is 1. The van der Waals surface area contributed by atoms with Crippen molar-refractivity contribution in [2.45, 2.75) is 19.8 Å². The molecule has 0 radical (unpaired) electrons. The van der Waals surface area contributed by atoms with Gasteiger partial charge in [0.15, 0.2) is 0 Å². The Morgan fingerprint density at radius 3 is 2.00 bits per heavy atom. The van der Waals surface area contributed by atoms with Gasteiger partial charge in [-0.15, -0.1) is 0 Å². The molecule has 0 unspecified atom stereocenters. The molecule has 0 saturated carbocycles. The van der Waals surface area contributed by atoms with Gasteiger partial charge in [0.05, 0.1) is 0 Å². The summed E-state index contributed by atoms with van der Waals surface area (Å²) >= 11 is 0. The van der Waals surface area contributed by atoms with E-state index >= 15 is 0 Å². The third-order valence-electron chi connectivity index (χ3n) is 2.05. The van der Waals surface area contributed by atoms with Gasteiger partial charge in [0.25, 0.3) is 0 Å². The molecule has 2 aliphatic rings. The minimum Gasteiger partial charge on any atom is -0.352 e. The summed E-state index contributed by atoms with van der Waals surface area (Å²) in [4.78, 5) is 9.99. The Bertz CT molecular complexity index is 272. The van der Waals surface area contributed by atoms with Gasteiger partial charge < -0.3 is 11.1 Å². The van der Waals surface area contributed by atoms with E-state index in [9.17, 15) is 4.79 Å². The van der Waals surface area contributed by atoms with Gasteiger partial charge in [-0.05, 0) is 17.5 Å². The zero-order valence-corrected chi connectivity index (χ0v) is 8.42. The fraction of sp³-hybridized carbons (Fsp3) is 0.364. The predicted octanol–water partition coefficient (Wildman–Crippen LogP) is 2.12. The maximum absolute atomic E-state index is 9.99. The Hall–Kier alpha value is -1.51. The maximum atomic E-state index is 9.99. The average molecular weight is 192 g/mol. The van der Waals surface area contributed by atoms with E-state index in [0.717, 1.165) is 12.8 Å². The van der Waals surface area contributed by atoms with E-state index in [1.54, 1.807) is 0 Å². The molecule has 2 aliphatic carbocycles. The summed E-state index contributed by atoms with van der Waals surface area (Å²) in [7, 11) is 0. The summed E-state index contributed by atoms with van der Waals surface area (Å²) in [6, 6.07) is 8.05. The third-order valence-corrected chi connectivity index (χ3v) is 2.05. The lowest BCUT2D eigenvalue weighted by atomic mass is 9.95. The molecule has 3 N–H and O–H groups in total. The average Bonchev–Trinajstić information content (AvgIpc) is 2.12. The van der Waals surface area contributed by atoms with Crippen molar-refractivity contribution in [1.29, 1.82) is 0 Å². The van der Waals surface area contributed by atoms with Crippen LogP contribution in [0, 0.1) is 0 Å². The highest BCUT2D eigenvalue weighted by atomic mass is 16.2. The van der Waals surface area contributed by atoms with Crippen molar-refractivity contribution in [2.24, 2.45) is 5.73 Å². The molecule has 0 aliphatic heterocycles. The summed E-state index contributed by atoms with van der Waals surface area (Å²) in [6.45, 7) is 2.76. The van der Waals surface area contributed by atoms with Crippen molar-refractivity contribution in [3.8, 4) is 11.1 Å². The van der Waals surface area contributed by atoms with Crippen LogP contribution in [0.1, 0.15) is 19.8 Å². The lowest BCUT2D eigenvalue weighted by Gasteiger charge is -2.10. The summed E-state index contributed by atoms with van der Waals surface area (Å²) in [5.41, 5.74) is 7.64. The van der Waals surface area contributed by atoms with E-state index in [0.29, 0.717) is 6.54 Å².